The van der Waals surface area contributed by atoms with Crippen LogP contribution in [0.3, 0.4) is 0 Å². The quantitative estimate of drug-likeness (QED) is 0.148. The van der Waals surface area contributed by atoms with Crippen LogP contribution in [0, 0.1) is 0 Å². The Hall–Kier alpha value is -3.60. The van der Waals surface area contributed by atoms with Crippen molar-refractivity contribution < 1.29 is 24.2 Å². The van der Waals surface area contributed by atoms with Crippen LogP contribution in [-0.2, 0) is 16.0 Å². The molecule has 39 heavy (non-hydrogen) atoms. The van der Waals surface area contributed by atoms with Gasteiger partial charge < -0.3 is 14.6 Å². The van der Waals surface area contributed by atoms with Crippen molar-refractivity contribution in [3.8, 4) is 28.0 Å². The third-order valence-corrected chi connectivity index (χ3v) is 6.82. The Kier molecular flexibility index (Phi) is 12.1. The highest BCUT2D eigenvalue weighted by Gasteiger charge is 2.14. The molecular formula is C34H42O5. The van der Waals surface area contributed by atoms with Crippen molar-refractivity contribution in [1.82, 2.24) is 0 Å². The topological polar surface area (TPSA) is 72.8 Å². The molecule has 0 fully saturated rings. The van der Waals surface area contributed by atoms with Gasteiger partial charge in [-0.2, -0.15) is 0 Å². The van der Waals surface area contributed by atoms with Crippen molar-refractivity contribution in [3.05, 3.63) is 77.9 Å². The third-order valence-electron chi connectivity index (χ3n) is 6.82. The SMILES string of the molecule is CCCCCCCc1ccc(-c2ccc(C(=O)O)cc2-c2ccc(OC[C@H](C)OC(=O)CCCC)cc2)cc1. The number of carbonyl (C=O) groups is 2. The number of hydrogen-bond donors (Lipinski definition) is 1. The molecule has 0 amide bonds. The van der Waals surface area contributed by atoms with Crippen molar-refractivity contribution in [2.45, 2.75) is 84.7 Å². The fourth-order valence-corrected chi connectivity index (χ4v) is 4.53. The van der Waals surface area contributed by atoms with E-state index >= 15 is 0 Å². The zero-order chi connectivity index (χ0) is 28.0. The Morgan fingerprint density at radius 1 is 0.769 bits per heavy atom. The maximum Gasteiger partial charge on any atom is 0.335 e. The standard InChI is InChI=1S/C34H42O5/c1-4-6-8-9-10-11-26-13-15-27(16-14-26)31-22-19-29(34(36)37)23-32(31)28-17-20-30(21-18-28)38-24-25(3)39-33(35)12-7-5-2/h13-23,25H,4-12,24H2,1-3H3,(H,36,37)/t25-/m0/s1. The molecule has 1 N–H and O–H groups in total. The predicted molar refractivity (Wildman–Crippen MR) is 157 cm³/mol. The molecule has 0 aliphatic carbocycles. The predicted octanol–water partition coefficient (Wildman–Crippen LogP) is 8.73. The molecule has 0 aromatic heterocycles. The van der Waals surface area contributed by atoms with E-state index < -0.39 is 5.97 Å². The number of hydrogen-bond acceptors (Lipinski definition) is 4. The second kappa shape index (κ2) is 15.7. The first-order valence-corrected chi connectivity index (χ1v) is 14.3. The average Bonchev–Trinajstić information content (AvgIpc) is 2.95. The van der Waals surface area contributed by atoms with Gasteiger partial charge in [-0.15, -0.1) is 0 Å². The number of aromatic carboxylic acids is 1. The van der Waals surface area contributed by atoms with Crippen molar-refractivity contribution in [3.63, 3.8) is 0 Å². The Labute approximate surface area is 233 Å². The summed E-state index contributed by atoms with van der Waals surface area (Å²) in [5.74, 6) is -0.493. The van der Waals surface area contributed by atoms with Gasteiger partial charge in [-0.05, 0) is 78.3 Å². The second-order valence-corrected chi connectivity index (χ2v) is 10.2. The Balaban J connectivity index is 1.71. The van der Waals surface area contributed by atoms with Crippen LogP contribution in [0.25, 0.3) is 22.3 Å². The second-order valence-electron chi connectivity index (χ2n) is 10.2. The molecule has 0 unspecified atom stereocenters. The molecule has 1 atom stereocenters. The first-order chi connectivity index (χ1) is 18.9. The van der Waals surface area contributed by atoms with Gasteiger partial charge in [-0.1, -0.05) is 88.4 Å². The zero-order valence-electron chi connectivity index (χ0n) is 23.6. The van der Waals surface area contributed by atoms with Crippen molar-refractivity contribution in [2.75, 3.05) is 6.61 Å². The molecule has 3 rings (SSSR count). The number of esters is 1. The number of benzene rings is 3. The summed E-state index contributed by atoms with van der Waals surface area (Å²) < 4.78 is 11.2. The van der Waals surface area contributed by atoms with Gasteiger partial charge in [0.05, 0.1) is 5.56 Å². The number of carboxylic acid groups (broad SMARTS) is 1. The summed E-state index contributed by atoms with van der Waals surface area (Å²) in [4.78, 5) is 23.6. The fraction of sp³-hybridized carbons (Fsp3) is 0.412. The maximum absolute atomic E-state index is 11.8. The molecule has 5 nitrogen and oxygen atoms in total. The number of aryl methyl sites for hydroxylation is 1. The molecule has 0 spiro atoms. The van der Waals surface area contributed by atoms with Crippen LogP contribution in [0.2, 0.25) is 0 Å². The Bertz CT molecular complexity index is 1180. The number of rotatable bonds is 16. The molecule has 5 heteroatoms. The van der Waals surface area contributed by atoms with E-state index in [4.69, 9.17) is 9.47 Å². The largest absolute Gasteiger partial charge is 0.490 e. The van der Waals surface area contributed by atoms with Crippen LogP contribution in [0.1, 0.15) is 88.1 Å². The summed E-state index contributed by atoms with van der Waals surface area (Å²) in [6.07, 6.45) is 9.25. The molecular weight excluding hydrogens is 488 g/mol. The Morgan fingerprint density at radius 3 is 2.08 bits per heavy atom. The summed E-state index contributed by atoms with van der Waals surface area (Å²) in [6.45, 7) is 6.36. The van der Waals surface area contributed by atoms with Crippen LogP contribution in [-0.4, -0.2) is 29.8 Å². The first-order valence-electron chi connectivity index (χ1n) is 14.3. The Morgan fingerprint density at radius 2 is 1.41 bits per heavy atom. The first kappa shape index (κ1) is 29.9. The smallest absolute Gasteiger partial charge is 0.335 e. The molecule has 208 valence electrons. The van der Waals surface area contributed by atoms with Crippen LogP contribution in [0.5, 0.6) is 5.75 Å². The van der Waals surface area contributed by atoms with E-state index in [1.807, 2.05) is 44.2 Å². The van der Waals surface area contributed by atoms with Gasteiger partial charge in [0.1, 0.15) is 18.5 Å². The van der Waals surface area contributed by atoms with Gasteiger partial charge in [0.2, 0.25) is 0 Å². The molecule has 3 aromatic carbocycles. The van der Waals surface area contributed by atoms with Crippen molar-refractivity contribution in [1.29, 1.82) is 0 Å². The van der Waals surface area contributed by atoms with Gasteiger partial charge in [0, 0.05) is 6.42 Å². The van der Waals surface area contributed by atoms with Gasteiger partial charge in [-0.25, -0.2) is 4.79 Å². The van der Waals surface area contributed by atoms with Crippen molar-refractivity contribution in [2.24, 2.45) is 0 Å². The summed E-state index contributed by atoms with van der Waals surface area (Å²) >= 11 is 0. The van der Waals surface area contributed by atoms with Gasteiger partial charge in [0.15, 0.2) is 0 Å². The third kappa shape index (κ3) is 9.58. The number of ether oxygens (including phenoxy) is 2. The summed E-state index contributed by atoms with van der Waals surface area (Å²) in [7, 11) is 0. The maximum atomic E-state index is 11.8. The average molecular weight is 531 g/mol. The lowest BCUT2D eigenvalue weighted by molar-refractivity contribution is -0.149. The summed E-state index contributed by atoms with van der Waals surface area (Å²) in [5, 5.41) is 9.61. The molecule has 0 aliphatic rings. The van der Waals surface area contributed by atoms with Crippen LogP contribution in [0.4, 0.5) is 0 Å². The van der Waals surface area contributed by atoms with Gasteiger partial charge in [0.25, 0.3) is 0 Å². The van der Waals surface area contributed by atoms with Crippen LogP contribution >= 0.6 is 0 Å². The van der Waals surface area contributed by atoms with E-state index in [9.17, 15) is 14.7 Å². The highest BCUT2D eigenvalue weighted by atomic mass is 16.6. The minimum atomic E-state index is -0.955. The number of unbranched alkanes of at least 4 members (excludes halogenated alkanes) is 5. The summed E-state index contributed by atoms with van der Waals surface area (Å²) in [5.41, 5.74) is 5.36. The molecule has 0 saturated heterocycles. The minimum Gasteiger partial charge on any atom is -0.490 e. The van der Waals surface area contributed by atoms with E-state index in [0.29, 0.717) is 12.2 Å². The van der Waals surface area contributed by atoms with E-state index in [1.54, 1.807) is 12.1 Å². The van der Waals surface area contributed by atoms with E-state index in [1.165, 1.54) is 37.7 Å². The minimum absolute atomic E-state index is 0.200. The zero-order valence-corrected chi connectivity index (χ0v) is 23.6. The lowest BCUT2D eigenvalue weighted by Gasteiger charge is -2.15. The molecule has 0 bridgehead atoms. The van der Waals surface area contributed by atoms with Crippen molar-refractivity contribution >= 4 is 11.9 Å². The van der Waals surface area contributed by atoms with E-state index in [-0.39, 0.29) is 24.2 Å². The lowest BCUT2D eigenvalue weighted by Crippen LogP contribution is -2.21. The molecule has 0 heterocycles. The fourth-order valence-electron chi connectivity index (χ4n) is 4.53. The monoisotopic (exact) mass is 530 g/mol. The molecule has 0 aliphatic heterocycles. The number of carboxylic acids is 1. The number of carbonyl (C=O) groups excluding carboxylic acids is 1. The highest BCUT2D eigenvalue weighted by Crippen LogP contribution is 2.34. The van der Waals surface area contributed by atoms with Crippen LogP contribution in [0.15, 0.2) is 66.7 Å². The lowest BCUT2D eigenvalue weighted by atomic mass is 9.92. The van der Waals surface area contributed by atoms with Crippen LogP contribution < -0.4 is 4.74 Å². The molecule has 0 saturated carbocycles. The van der Waals surface area contributed by atoms with Gasteiger partial charge >= 0.3 is 11.9 Å². The van der Waals surface area contributed by atoms with Gasteiger partial charge in [-0.3, -0.25) is 4.79 Å². The molecule has 3 aromatic rings. The summed E-state index contributed by atoms with van der Waals surface area (Å²) in [6, 6.07) is 21.5. The van der Waals surface area contributed by atoms with E-state index in [2.05, 4.69) is 31.2 Å². The van der Waals surface area contributed by atoms with E-state index in [0.717, 1.165) is 41.5 Å². The molecule has 0 radical (unpaired) electrons. The normalized spacial score (nSPS) is 11.7. The highest BCUT2D eigenvalue weighted by molar-refractivity contribution is 5.93.